The first-order valence-electron chi connectivity index (χ1n) is 8.36. The van der Waals surface area contributed by atoms with Crippen molar-refractivity contribution in [3.05, 3.63) is 29.8 Å². The molecule has 2 aliphatic heterocycles. The molecule has 1 saturated heterocycles. The van der Waals surface area contributed by atoms with Gasteiger partial charge in [-0.15, -0.1) is 0 Å². The van der Waals surface area contributed by atoms with E-state index in [4.69, 9.17) is 0 Å². The Labute approximate surface area is 157 Å². The second kappa shape index (κ2) is 7.72. The van der Waals surface area contributed by atoms with Gasteiger partial charge in [-0.25, -0.2) is 13.4 Å². The van der Waals surface area contributed by atoms with E-state index in [2.05, 4.69) is 11.1 Å². The Bertz CT molecular complexity index is 792. The Morgan fingerprint density at radius 2 is 2.20 bits per heavy atom. The highest BCUT2D eigenvalue weighted by Crippen LogP contribution is 2.36. The van der Waals surface area contributed by atoms with Crippen molar-refractivity contribution in [2.24, 2.45) is 4.99 Å². The third-order valence-electron chi connectivity index (χ3n) is 4.45. The Morgan fingerprint density at radius 1 is 1.44 bits per heavy atom. The highest BCUT2D eigenvalue weighted by molar-refractivity contribution is 8.39. The number of para-hydroxylation sites is 1. The summed E-state index contributed by atoms with van der Waals surface area (Å²) in [4.78, 5) is 19.2. The van der Waals surface area contributed by atoms with Gasteiger partial charge in [-0.05, 0) is 31.9 Å². The number of hydrogen-bond acceptors (Lipinski definition) is 6. The summed E-state index contributed by atoms with van der Waals surface area (Å²) in [6.07, 6.45) is 0.544. The molecule has 1 amide bonds. The average molecular weight is 399 g/mol. The van der Waals surface area contributed by atoms with Gasteiger partial charge in [-0.3, -0.25) is 4.79 Å². The fourth-order valence-electron chi connectivity index (χ4n) is 3.12. The zero-order chi connectivity index (χ0) is 18.0. The van der Waals surface area contributed by atoms with Crippen molar-refractivity contribution in [1.29, 1.82) is 0 Å². The molecule has 3 rings (SSSR count). The number of carbonyl (C=O) groups is 1. The molecular formula is C17H22N2O3S3. The topological polar surface area (TPSA) is 66.8 Å². The number of rotatable bonds is 4. The Balaban J connectivity index is 1.67. The van der Waals surface area contributed by atoms with Crippen molar-refractivity contribution < 1.29 is 13.2 Å². The molecule has 25 heavy (non-hydrogen) atoms. The lowest BCUT2D eigenvalue weighted by atomic mass is 10.2. The van der Waals surface area contributed by atoms with Gasteiger partial charge in [0.25, 0.3) is 0 Å². The van der Waals surface area contributed by atoms with Gasteiger partial charge in [0.05, 0.1) is 22.4 Å². The smallest absolute Gasteiger partial charge is 0.236 e. The first kappa shape index (κ1) is 18.8. The van der Waals surface area contributed by atoms with Crippen LogP contribution in [0, 0.1) is 0 Å². The molecule has 0 aliphatic carbocycles. The summed E-state index contributed by atoms with van der Waals surface area (Å²) >= 11 is 3.12. The largest absolute Gasteiger partial charge is 0.338 e. The van der Waals surface area contributed by atoms with Crippen LogP contribution in [0.2, 0.25) is 0 Å². The van der Waals surface area contributed by atoms with Crippen molar-refractivity contribution in [2.75, 3.05) is 18.1 Å². The molecule has 0 aromatic heterocycles. The molecule has 0 bridgehead atoms. The van der Waals surface area contributed by atoms with Crippen LogP contribution in [0.5, 0.6) is 0 Å². The fraction of sp³-hybridized carbons (Fsp3) is 0.529. The Kier molecular flexibility index (Phi) is 5.80. The number of hydrogen-bond donors (Lipinski definition) is 0. The van der Waals surface area contributed by atoms with Crippen molar-refractivity contribution in [2.45, 2.75) is 37.3 Å². The molecule has 0 unspecified atom stereocenters. The highest BCUT2D eigenvalue weighted by Gasteiger charge is 2.35. The number of aliphatic imine (C=N–C) groups is 1. The lowest BCUT2D eigenvalue weighted by Gasteiger charge is -2.29. The van der Waals surface area contributed by atoms with Gasteiger partial charge < -0.3 is 4.90 Å². The third-order valence-corrected chi connectivity index (χ3v) is 8.49. The Morgan fingerprint density at radius 3 is 2.88 bits per heavy atom. The minimum Gasteiger partial charge on any atom is -0.338 e. The van der Waals surface area contributed by atoms with Crippen LogP contribution in [0.3, 0.4) is 0 Å². The summed E-state index contributed by atoms with van der Waals surface area (Å²) in [6, 6.07) is 7.85. The summed E-state index contributed by atoms with van der Waals surface area (Å²) < 4.78 is 24.3. The zero-order valence-electron chi connectivity index (χ0n) is 14.3. The first-order valence-corrected chi connectivity index (χ1v) is 12.0. The summed E-state index contributed by atoms with van der Waals surface area (Å²) in [5.41, 5.74) is 2.18. The van der Waals surface area contributed by atoms with Crippen molar-refractivity contribution >= 4 is 49.3 Å². The maximum absolute atomic E-state index is 12.8. The minimum absolute atomic E-state index is 0.00300. The van der Waals surface area contributed by atoms with Crippen LogP contribution in [-0.4, -0.2) is 52.9 Å². The molecule has 0 spiro atoms. The molecule has 1 fully saturated rings. The summed E-state index contributed by atoms with van der Waals surface area (Å²) in [6.45, 7) is 4.32. The number of fused-ring (bicyclic) bond motifs is 1. The first-order chi connectivity index (χ1) is 11.9. The zero-order valence-corrected chi connectivity index (χ0v) is 16.8. The quantitative estimate of drug-likeness (QED) is 0.780. The summed E-state index contributed by atoms with van der Waals surface area (Å²) in [5.74, 6) is 1.13. The molecule has 0 N–H and O–H groups in total. The number of sulfone groups is 1. The van der Waals surface area contributed by atoms with Crippen LogP contribution in [0.25, 0.3) is 0 Å². The molecule has 5 nitrogen and oxygen atoms in total. The van der Waals surface area contributed by atoms with E-state index in [0.717, 1.165) is 15.8 Å². The molecule has 136 valence electrons. The average Bonchev–Trinajstić information content (AvgIpc) is 2.95. The van der Waals surface area contributed by atoms with Gasteiger partial charge in [-0.2, -0.15) is 0 Å². The summed E-state index contributed by atoms with van der Waals surface area (Å²) in [5, 5.41) is -0.278. The van der Waals surface area contributed by atoms with Gasteiger partial charge in [0.2, 0.25) is 5.91 Å². The van der Waals surface area contributed by atoms with Gasteiger partial charge in [0, 0.05) is 18.3 Å². The van der Waals surface area contributed by atoms with E-state index in [1.807, 2.05) is 32.0 Å². The number of amides is 1. The third kappa shape index (κ3) is 4.41. The van der Waals surface area contributed by atoms with E-state index >= 15 is 0 Å². The monoisotopic (exact) mass is 398 g/mol. The van der Waals surface area contributed by atoms with Crippen LogP contribution < -0.4 is 0 Å². The van der Waals surface area contributed by atoms with Gasteiger partial charge in [-0.1, -0.05) is 41.7 Å². The van der Waals surface area contributed by atoms with Gasteiger partial charge >= 0.3 is 0 Å². The second-order valence-corrected chi connectivity index (χ2v) is 11.0. The number of nitrogens with zero attached hydrogens (tertiary/aromatic N) is 2. The second-order valence-electron chi connectivity index (χ2n) is 6.24. The van der Waals surface area contributed by atoms with Crippen LogP contribution >= 0.6 is 23.5 Å². The molecule has 0 saturated carbocycles. The summed E-state index contributed by atoms with van der Waals surface area (Å²) in [7, 11) is -3.00. The van der Waals surface area contributed by atoms with Crippen molar-refractivity contribution in [1.82, 2.24) is 4.90 Å². The molecule has 2 atom stereocenters. The Hall–Kier alpha value is -0.990. The van der Waals surface area contributed by atoms with E-state index in [-0.39, 0.29) is 28.7 Å². The van der Waals surface area contributed by atoms with Gasteiger partial charge in [0.15, 0.2) is 9.84 Å². The minimum atomic E-state index is -3.00. The van der Waals surface area contributed by atoms with Gasteiger partial charge in [0.1, 0.15) is 4.38 Å². The SMILES string of the molecule is CCN(C(=O)[C@@H](C)SC1=Nc2ccccc2CS1)[C@H]1CCS(=O)(=O)C1. The van der Waals surface area contributed by atoms with E-state index in [1.54, 1.807) is 16.7 Å². The van der Waals surface area contributed by atoms with Crippen molar-refractivity contribution in [3.63, 3.8) is 0 Å². The van der Waals surface area contributed by atoms with Crippen LogP contribution in [-0.2, 0) is 20.4 Å². The maximum Gasteiger partial charge on any atom is 0.236 e. The molecular weight excluding hydrogens is 376 g/mol. The van der Waals surface area contributed by atoms with Crippen LogP contribution in [0.4, 0.5) is 5.69 Å². The lowest BCUT2D eigenvalue weighted by Crippen LogP contribution is -2.44. The van der Waals surface area contributed by atoms with E-state index in [9.17, 15) is 13.2 Å². The molecule has 1 aromatic rings. The standard InChI is InChI=1S/C17H22N2O3S3/c1-3-19(14-8-9-25(21,22)11-14)16(20)12(2)24-17-18-15-7-5-4-6-13(15)10-23-17/h4-7,12,14H,3,8-11H2,1-2H3/t12-,14+/m1/s1. The fourth-order valence-corrected chi connectivity index (χ4v) is 7.11. The number of thioether (sulfide) groups is 2. The normalized spacial score (nSPS) is 22.8. The highest BCUT2D eigenvalue weighted by atomic mass is 32.2. The van der Waals surface area contributed by atoms with Crippen molar-refractivity contribution in [3.8, 4) is 0 Å². The lowest BCUT2D eigenvalue weighted by molar-refractivity contribution is -0.131. The molecule has 2 heterocycles. The number of carbonyl (C=O) groups excluding carboxylic acids is 1. The molecule has 0 radical (unpaired) electrons. The van der Waals surface area contributed by atoms with E-state index in [1.165, 1.54) is 17.3 Å². The molecule has 1 aromatic carbocycles. The van der Waals surface area contributed by atoms with Crippen LogP contribution in [0.15, 0.2) is 29.3 Å². The number of benzene rings is 1. The predicted octanol–water partition coefficient (Wildman–Crippen LogP) is 3.08. The van der Waals surface area contributed by atoms with E-state index in [0.29, 0.717) is 13.0 Å². The molecule has 8 heteroatoms. The van der Waals surface area contributed by atoms with Crippen LogP contribution in [0.1, 0.15) is 25.8 Å². The molecule has 2 aliphatic rings. The predicted molar refractivity (Wildman–Crippen MR) is 106 cm³/mol. The van der Waals surface area contributed by atoms with E-state index < -0.39 is 9.84 Å². The maximum atomic E-state index is 12.8.